The van der Waals surface area contributed by atoms with Crippen molar-refractivity contribution in [3.8, 4) is 5.75 Å². The molecule has 4 rings (SSSR count). The highest BCUT2D eigenvalue weighted by Gasteiger charge is 2.17. The van der Waals surface area contributed by atoms with E-state index in [0.717, 1.165) is 38.3 Å². The third-order valence-electron chi connectivity index (χ3n) is 5.90. The van der Waals surface area contributed by atoms with Crippen LogP contribution >= 0.6 is 0 Å². The van der Waals surface area contributed by atoms with Crippen LogP contribution in [0.2, 0.25) is 0 Å². The molecule has 0 saturated carbocycles. The molecule has 0 spiro atoms. The fourth-order valence-corrected chi connectivity index (χ4v) is 3.98. The molecule has 0 radical (unpaired) electrons. The Kier molecular flexibility index (Phi) is 7.69. The van der Waals surface area contributed by atoms with Gasteiger partial charge in [0.05, 0.1) is 18.2 Å². The van der Waals surface area contributed by atoms with Crippen LogP contribution in [0, 0.1) is 10.1 Å². The number of nitrogens with zero attached hydrogens (tertiary/aromatic N) is 4. The average molecular weight is 474 g/mol. The zero-order valence-corrected chi connectivity index (χ0v) is 19.5. The van der Waals surface area contributed by atoms with E-state index in [-0.39, 0.29) is 17.3 Å². The summed E-state index contributed by atoms with van der Waals surface area (Å²) in [5.41, 5.74) is 5.65. The fourth-order valence-electron chi connectivity index (χ4n) is 3.98. The van der Waals surface area contributed by atoms with Crippen LogP contribution in [0.25, 0.3) is 0 Å². The summed E-state index contributed by atoms with van der Waals surface area (Å²) in [5, 5.41) is 15.1. The Morgan fingerprint density at radius 1 is 1.06 bits per heavy atom. The molecule has 35 heavy (non-hydrogen) atoms. The molecule has 1 heterocycles. The number of methoxy groups -OCH3 is 1. The van der Waals surface area contributed by atoms with E-state index < -0.39 is 4.92 Å². The molecular formula is C26H27N5O4. The highest BCUT2D eigenvalue weighted by atomic mass is 16.6. The lowest BCUT2D eigenvalue weighted by Crippen LogP contribution is -2.45. The summed E-state index contributed by atoms with van der Waals surface area (Å²) in [5.74, 6) is -0.193. The average Bonchev–Trinajstić information content (AvgIpc) is 2.90. The number of hydrogen-bond donors (Lipinski definition) is 1. The van der Waals surface area contributed by atoms with Crippen molar-refractivity contribution < 1.29 is 14.5 Å². The molecular weight excluding hydrogens is 446 g/mol. The number of rotatable bonds is 8. The molecule has 1 saturated heterocycles. The van der Waals surface area contributed by atoms with Crippen molar-refractivity contribution in [1.29, 1.82) is 0 Å². The lowest BCUT2D eigenvalue weighted by Gasteiger charge is -2.36. The van der Waals surface area contributed by atoms with Crippen molar-refractivity contribution in [2.75, 3.05) is 38.2 Å². The summed E-state index contributed by atoms with van der Waals surface area (Å²) in [4.78, 5) is 27.8. The number of piperazine rings is 1. The van der Waals surface area contributed by atoms with E-state index in [1.165, 1.54) is 31.1 Å². The van der Waals surface area contributed by atoms with Gasteiger partial charge in [-0.3, -0.25) is 19.8 Å². The Labute approximate surface area is 203 Å². The minimum atomic E-state index is -0.528. The maximum absolute atomic E-state index is 12.4. The molecule has 0 bridgehead atoms. The lowest BCUT2D eigenvalue weighted by atomic mass is 10.1. The van der Waals surface area contributed by atoms with Gasteiger partial charge >= 0.3 is 5.69 Å². The highest BCUT2D eigenvalue weighted by Crippen LogP contribution is 2.26. The van der Waals surface area contributed by atoms with Crippen molar-refractivity contribution in [2.45, 2.75) is 6.54 Å². The quantitative estimate of drug-likeness (QED) is 0.304. The molecule has 9 heteroatoms. The van der Waals surface area contributed by atoms with Crippen molar-refractivity contribution in [1.82, 2.24) is 10.3 Å². The minimum absolute atomic E-state index is 0.161. The molecule has 1 fully saturated rings. The number of nitro groups is 1. The summed E-state index contributed by atoms with van der Waals surface area (Å²) in [7, 11) is 1.37. The predicted octanol–water partition coefficient (Wildman–Crippen LogP) is 3.69. The van der Waals surface area contributed by atoms with E-state index >= 15 is 0 Å². The molecule has 0 aromatic heterocycles. The molecule has 3 aromatic rings. The fraction of sp³-hybridized carbons (Fsp3) is 0.231. The normalized spacial score (nSPS) is 14.1. The molecule has 0 atom stereocenters. The van der Waals surface area contributed by atoms with Crippen molar-refractivity contribution in [3.63, 3.8) is 0 Å². The second-order valence-corrected chi connectivity index (χ2v) is 8.18. The van der Waals surface area contributed by atoms with Crippen LogP contribution in [0.4, 0.5) is 11.4 Å². The van der Waals surface area contributed by atoms with Gasteiger partial charge in [-0.2, -0.15) is 5.10 Å². The number of hydrogen-bond acceptors (Lipinski definition) is 7. The number of nitrogens with one attached hydrogen (secondary N) is 1. The first-order valence-corrected chi connectivity index (χ1v) is 11.3. The Hall–Kier alpha value is -4.24. The topological polar surface area (TPSA) is 100 Å². The second kappa shape index (κ2) is 11.3. The molecule has 1 amide bonds. The van der Waals surface area contributed by atoms with Gasteiger partial charge in [0.1, 0.15) is 0 Å². The summed E-state index contributed by atoms with van der Waals surface area (Å²) in [6.45, 7) is 4.77. The Bertz CT molecular complexity index is 1190. The number of hydrazone groups is 1. The van der Waals surface area contributed by atoms with E-state index in [4.69, 9.17) is 4.74 Å². The monoisotopic (exact) mass is 473 g/mol. The minimum Gasteiger partial charge on any atom is -0.490 e. The third-order valence-corrected chi connectivity index (χ3v) is 5.90. The number of para-hydroxylation sites is 1. The molecule has 0 unspecified atom stereocenters. The summed E-state index contributed by atoms with van der Waals surface area (Å²) >= 11 is 0. The standard InChI is InChI=1S/C26H27N5O4/c1-35-25-12-9-21(17-24(25)31(33)34)18-27-28-26(32)22-10-7-20(8-11-22)19-29-13-15-30(16-14-29)23-5-3-2-4-6-23/h2-12,17-18H,13-16,19H2,1H3,(H,28,32)/b27-18-. The van der Waals surface area contributed by atoms with Crippen molar-refractivity contribution in [2.24, 2.45) is 5.10 Å². The molecule has 9 nitrogen and oxygen atoms in total. The predicted molar refractivity (Wildman–Crippen MR) is 135 cm³/mol. The first-order chi connectivity index (χ1) is 17.0. The van der Waals surface area contributed by atoms with Crippen LogP contribution in [-0.4, -0.2) is 55.2 Å². The zero-order valence-electron chi connectivity index (χ0n) is 19.5. The zero-order chi connectivity index (χ0) is 24.6. The van der Waals surface area contributed by atoms with E-state index in [1.807, 2.05) is 18.2 Å². The van der Waals surface area contributed by atoms with Crippen LogP contribution in [-0.2, 0) is 6.54 Å². The van der Waals surface area contributed by atoms with Gasteiger partial charge in [-0.05, 0) is 42.0 Å². The number of benzene rings is 3. The van der Waals surface area contributed by atoms with Crippen LogP contribution in [0.3, 0.4) is 0 Å². The molecule has 1 aliphatic heterocycles. The third kappa shape index (κ3) is 6.21. The number of amides is 1. The second-order valence-electron chi connectivity index (χ2n) is 8.18. The molecule has 1 aliphatic rings. The number of anilines is 1. The SMILES string of the molecule is COc1ccc(/C=N\NC(=O)c2ccc(CN3CCN(c4ccccc4)CC3)cc2)cc1[N+](=O)[O-]. The van der Waals surface area contributed by atoms with Gasteiger partial charge < -0.3 is 9.64 Å². The van der Waals surface area contributed by atoms with E-state index in [0.29, 0.717) is 11.1 Å². The van der Waals surface area contributed by atoms with Gasteiger partial charge in [0.25, 0.3) is 5.91 Å². The number of carbonyl (C=O) groups excluding carboxylic acids is 1. The maximum Gasteiger partial charge on any atom is 0.311 e. The lowest BCUT2D eigenvalue weighted by molar-refractivity contribution is -0.385. The van der Waals surface area contributed by atoms with Gasteiger partial charge in [-0.15, -0.1) is 0 Å². The van der Waals surface area contributed by atoms with Gasteiger partial charge in [-0.25, -0.2) is 5.43 Å². The van der Waals surface area contributed by atoms with Crippen molar-refractivity contribution >= 4 is 23.5 Å². The maximum atomic E-state index is 12.4. The van der Waals surface area contributed by atoms with E-state index in [1.54, 1.807) is 18.2 Å². The summed E-state index contributed by atoms with van der Waals surface area (Å²) in [6.07, 6.45) is 1.35. The largest absolute Gasteiger partial charge is 0.490 e. The van der Waals surface area contributed by atoms with Gasteiger partial charge in [0.2, 0.25) is 0 Å². The molecule has 1 N–H and O–H groups in total. The van der Waals surface area contributed by atoms with E-state index in [2.05, 4.69) is 44.6 Å². The summed E-state index contributed by atoms with van der Waals surface area (Å²) < 4.78 is 4.98. The highest BCUT2D eigenvalue weighted by molar-refractivity contribution is 5.95. The first-order valence-electron chi connectivity index (χ1n) is 11.3. The van der Waals surface area contributed by atoms with Gasteiger partial charge in [0, 0.05) is 55.6 Å². The van der Waals surface area contributed by atoms with Crippen molar-refractivity contribution in [3.05, 3.63) is 99.6 Å². The Morgan fingerprint density at radius 2 is 1.77 bits per heavy atom. The smallest absolute Gasteiger partial charge is 0.311 e. The first kappa shape index (κ1) is 23.9. The Balaban J connectivity index is 1.28. The van der Waals surface area contributed by atoms with Crippen LogP contribution < -0.4 is 15.1 Å². The Morgan fingerprint density at radius 3 is 2.43 bits per heavy atom. The van der Waals surface area contributed by atoms with Gasteiger partial charge in [0.15, 0.2) is 5.75 Å². The number of nitro benzene ring substituents is 1. The van der Waals surface area contributed by atoms with Crippen LogP contribution in [0.1, 0.15) is 21.5 Å². The van der Waals surface area contributed by atoms with Gasteiger partial charge in [-0.1, -0.05) is 30.3 Å². The number of carbonyl (C=O) groups is 1. The molecule has 180 valence electrons. The number of ether oxygens (including phenoxy) is 1. The van der Waals surface area contributed by atoms with E-state index in [9.17, 15) is 14.9 Å². The molecule has 3 aromatic carbocycles. The van der Waals surface area contributed by atoms with Crippen LogP contribution in [0.5, 0.6) is 5.75 Å². The van der Waals surface area contributed by atoms with Crippen LogP contribution in [0.15, 0.2) is 77.9 Å². The summed E-state index contributed by atoms with van der Waals surface area (Å²) in [6, 6.07) is 22.4. The molecule has 0 aliphatic carbocycles.